The van der Waals surface area contributed by atoms with Crippen LogP contribution in [-0.4, -0.2) is 16.5 Å². The zero-order chi connectivity index (χ0) is 10.9. The normalized spacial score (nSPS) is 11.4. The average molecular weight is 321 g/mol. The second kappa shape index (κ2) is 3.67. The quantitative estimate of drug-likeness (QED) is 0.610. The first kappa shape index (κ1) is 11.1. The summed E-state index contributed by atoms with van der Waals surface area (Å²) < 4.78 is 38.6. The van der Waals surface area contributed by atoms with E-state index < -0.39 is 23.3 Å². The van der Waals surface area contributed by atoms with E-state index in [1.165, 1.54) is 22.6 Å². The predicted octanol–water partition coefficient (Wildman–Crippen LogP) is 1.58. The van der Waals surface area contributed by atoms with Crippen LogP contribution < -0.4 is 10.2 Å². The zero-order valence-corrected chi connectivity index (χ0v) is 8.51. The Morgan fingerprint density at radius 2 is 2.07 bits per heavy atom. The molecule has 1 heterocycles. The monoisotopic (exact) mass is 321 g/mol. The molecule has 1 aromatic heterocycles. The van der Waals surface area contributed by atoms with Crippen LogP contribution in [0.5, 0.6) is 11.5 Å². The highest BCUT2D eigenvalue weighted by molar-refractivity contribution is 14.1. The molecule has 0 bridgehead atoms. The van der Waals surface area contributed by atoms with E-state index in [1.54, 1.807) is 0 Å². The van der Waals surface area contributed by atoms with Gasteiger partial charge in [0.15, 0.2) is 5.75 Å². The SMILES string of the molecule is O=c1c(O)c[nH]c(I)c1OC(F)(F)F. The van der Waals surface area contributed by atoms with Gasteiger partial charge in [0.1, 0.15) is 3.70 Å². The molecule has 14 heavy (non-hydrogen) atoms. The van der Waals surface area contributed by atoms with Crippen LogP contribution in [0, 0.1) is 3.70 Å². The second-order valence-corrected chi connectivity index (χ2v) is 3.27. The number of rotatable bonds is 1. The van der Waals surface area contributed by atoms with E-state index in [0.29, 0.717) is 0 Å². The van der Waals surface area contributed by atoms with Gasteiger partial charge >= 0.3 is 6.36 Å². The van der Waals surface area contributed by atoms with Gasteiger partial charge in [-0.3, -0.25) is 4.79 Å². The number of alkyl halides is 3. The standard InChI is InChI=1S/C6H3F3INO3/c7-6(8,9)14-4-3(13)2(12)1-11-5(4)10/h1,12H,(H,11,13). The van der Waals surface area contributed by atoms with Crippen molar-refractivity contribution in [3.8, 4) is 11.5 Å². The van der Waals surface area contributed by atoms with Gasteiger partial charge < -0.3 is 14.8 Å². The lowest BCUT2D eigenvalue weighted by Crippen LogP contribution is -2.22. The summed E-state index contributed by atoms with van der Waals surface area (Å²) in [5.74, 6) is -1.79. The fourth-order valence-corrected chi connectivity index (χ4v) is 1.20. The van der Waals surface area contributed by atoms with Crippen molar-refractivity contribution < 1.29 is 23.0 Å². The first-order chi connectivity index (χ1) is 6.31. The summed E-state index contributed by atoms with van der Waals surface area (Å²) >= 11 is 1.45. The fraction of sp³-hybridized carbons (Fsp3) is 0.167. The molecule has 2 N–H and O–H groups in total. The minimum absolute atomic E-state index is 0.136. The Bertz CT molecular complexity index is 400. The van der Waals surface area contributed by atoms with E-state index >= 15 is 0 Å². The Morgan fingerprint density at radius 1 is 1.50 bits per heavy atom. The van der Waals surface area contributed by atoms with E-state index in [2.05, 4.69) is 9.72 Å². The van der Waals surface area contributed by atoms with E-state index in [4.69, 9.17) is 5.11 Å². The molecule has 0 amide bonds. The Labute approximate surface area is 88.8 Å². The van der Waals surface area contributed by atoms with E-state index in [1.807, 2.05) is 0 Å². The number of nitrogens with one attached hydrogen (secondary N) is 1. The summed E-state index contributed by atoms with van der Waals surface area (Å²) in [4.78, 5) is 13.2. The Balaban J connectivity index is 3.21. The zero-order valence-electron chi connectivity index (χ0n) is 6.35. The van der Waals surface area contributed by atoms with E-state index in [0.717, 1.165) is 6.20 Å². The topological polar surface area (TPSA) is 62.3 Å². The van der Waals surface area contributed by atoms with Gasteiger partial charge in [-0.2, -0.15) is 0 Å². The van der Waals surface area contributed by atoms with Gasteiger partial charge in [0.05, 0.1) is 0 Å². The van der Waals surface area contributed by atoms with Crippen molar-refractivity contribution in [2.45, 2.75) is 6.36 Å². The largest absolute Gasteiger partial charge is 0.573 e. The lowest BCUT2D eigenvalue weighted by molar-refractivity contribution is -0.275. The maximum atomic E-state index is 11.8. The lowest BCUT2D eigenvalue weighted by Gasteiger charge is -2.09. The van der Waals surface area contributed by atoms with Crippen LogP contribution in [0.2, 0.25) is 0 Å². The van der Waals surface area contributed by atoms with Gasteiger partial charge in [0.2, 0.25) is 5.75 Å². The first-order valence-electron chi connectivity index (χ1n) is 3.17. The highest BCUT2D eigenvalue weighted by Crippen LogP contribution is 2.24. The third-order valence-corrected chi connectivity index (χ3v) is 1.99. The van der Waals surface area contributed by atoms with Gasteiger partial charge in [-0.25, -0.2) is 0 Å². The maximum absolute atomic E-state index is 11.8. The molecule has 0 aliphatic heterocycles. The number of hydrogen-bond acceptors (Lipinski definition) is 3. The number of H-pyrrole nitrogens is 1. The minimum Gasteiger partial charge on any atom is -0.503 e. The molecular formula is C6H3F3INO3. The number of aromatic nitrogens is 1. The third-order valence-electron chi connectivity index (χ3n) is 1.19. The molecule has 78 valence electrons. The molecule has 0 unspecified atom stereocenters. The van der Waals surface area contributed by atoms with Crippen LogP contribution in [-0.2, 0) is 0 Å². The summed E-state index contributed by atoms with van der Waals surface area (Å²) in [6, 6.07) is 0. The van der Waals surface area contributed by atoms with Crippen molar-refractivity contribution in [1.29, 1.82) is 0 Å². The van der Waals surface area contributed by atoms with Crippen molar-refractivity contribution in [2.75, 3.05) is 0 Å². The van der Waals surface area contributed by atoms with Crippen LogP contribution in [0.4, 0.5) is 13.2 Å². The van der Waals surface area contributed by atoms with Gasteiger partial charge in [-0.15, -0.1) is 13.2 Å². The summed E-state index contributed by atoms with van der Waals surface area (Å²) in [6.07, 6.45) is -4.08. The molecule has 0 aromatic carbocycles. The molecule has 0 radical (unpaired) electrons. The summed E-state index contributed by atoms with van der Waals surface area (Å²) in [5.41, 5.74) is -1.20. The van der Waals surface area contributed by atoms with Crippen molar-refractivity contribution in [3.63, 3.8) is 0 Å². The molecule has 0 fully saturated rings. The number of ether oxygens (including phenoxy) is 1. The van der Waals surface area contributed by atoms with Crippen molar-refractivity contribution in [2.24, 2.45) is 0 Å². The Kier molecular flexibility index (Phi) is 2.92. The molecule has 1 aromatic rings. The highest BCUT2D eigenvalue weighted by atomic mass is 127. The predicted molar refractivity (Wildman–Crippen MR) is 48.1 cm³/mol. The average Bonchev–Trinajstić information content (AvgIpc) is 2.04. The van der Waals surface area contributed by atoms with Gasteiger partial charge in [0.25, 0.3) is 5.43 Å². The Morgan fingerprint density at radius 3 is 2.57 bits per heavy atom. The van der Waals surface area contributed by atoms with Crippen LogP contribution >= 0.6 is 22.6 Å². The van der Waals surface area contributed by atoms with Crippen LogP contribution in [0.25, 0.3) is 0 Å². The molecule has 0 spiro atoms. The van der Waals surface area contributed by atoms with Crippen LogP contribution in [0.1, 0.15) is 0 Å². The molecule has 0 aliphatic rings. The van der Waals surface area contributed by atoms with Crippen molar-refractivity contribution in [1.82, 2.24) is 4.98 Å². The van der Waals surface area contributed by atoms with Crippen LogP contribution in [0.15, 0.2) is 11.0 Å². The number of hydrogen-bond donors (Lipinski definition) is 2. The molecule has 0 saturated carbocycles. The third kappa shape index (κ3) is 2.53. The lowest BCUT2D eigenvalue weighted by atomic mass is 10.4. The van der Waals surface area contributed by atoms with Crippen LogP contribution in [0.3, 0.4) is 0 Å². The van der Waals surface area contributed by atoms with Gasteiger partial charge in [0, 0.05) is 6.20 Å². The van der Waals surface area contributed by atoms with Gasteiger partial charge in [-0.05, 0) is 22.6 Å². The second-order valence-electron chi connectivity index (χ2n) is 2.19. The molecule has 0 atom stereocenters. The summed E-state index contributed by atoms with van der Waals surface area (Å²) in [5, 5.41) is 8.83. The van der Waals surface area contributed by atoms with Gasteiger partial charge in [-0.1, -0.05) is 0 Å². The van der Waals surface area contributed by atoms with Crippen molar-refractivity contribution in [3.05, 3.63) is 20.1 Å². The highest BCUT2D eigenvalue weighted by Gasteiger charge is 2.33. The smallest absolute Gasteiger partial charge is 0.503 e. The number of aromatic hydroxyl groups is 1. The fourth-order valence-electron chi connectivity index (χ4n) is 0.686. The number of pyridine rings is 1. The Hall–Kier alpha value is -0.930. The van der Waals surface area contributed by atoms with E-state index in [9.17, 15) is 18.0 Å². The first-order valence-corrected chi connectivity index (χ1v) is 4.25. The summed E-state index contributed by atoms with van der Waals surface area (Å²) in [6.45, 7) is 0. The molecule has 4 nitrogen and oxygen atoms in total. The molecule has 8 heteroatoms. The number of halogens is 4. The van der Waals surface area contributed by atoms with E-state index in [-0.39, 0.29) is 3.70 Å². The van der Waals surface area contributed by atoms with Crippen molar-refractivity contribution >= 4 is 22.6 Å². The number of aromatic amines is 1. The maximum Gasteiger partial charge on any atom is 0.573 e. The molecule has 0 aliphatic carbocycles. The molecule has 1 rings (SSSR count). The summed E-state index contributed by atoms with van der Waals surface area (Å²) in [7, 11) is 0. The molecule has 0 saturated heterocycles. The minimum atomic E-state index is -4.96. The molecular weight excluding hydrogens is 318 g/mol.